The van der Waals surface area contributed by atoms with Gasteiger partial charge in [0.2, 0.25) is 0 Å². The molecule has 1 aliphatic rings. The number of aliphatic hydroxyl groups is 1. The lowest BCUT2D eigenvalue weighted by Gasteiger charge is -2.30. The fourth-order valence-corrected chi connectivity index (χ4v) is 3.69. The van der Waals surface area contributed by atoms with Crippen molar-refractivity contribution in [1.82, 2.24) is 5.32 Å². The maximum absolute atomic E-state index is 10.4. The molecule has 0 aromatic carbocycles. The molecule has 3 unspecified atom stereocenters. The van der Waals surface area contributed by atoms with Gasteiger partial charge in [0.25, 0.3) is 0 Å². The highest BCUT2D eigenvalue weighted by atomic mass is 16.3. The van der Waals surface area contributed by atoms with Crippen molar-refractivity contribution < 1.29 is 5.11 Å². The van der Waals surface area contributed by atoms with E-state index in [9.17, 15) is 5.11 Å². The molecule has 0 aromatic heterocycles. The largest absolute Gasteiger partial charge is 0.389 e. The summed E-state index contributed by atoms with van der Waals surface area (Å²) in [6, 6.07) is 0.598. The van der Waals surface area contributed by atoms with Gasteiger partial charge in [-0.05, 0) is 56.3 Å². The van der Waals surface area contributed by atoms with E-state index in [4.69, 9.17) is 0 Å². The second-order valence-electron chi connectivity index (χ2n) is 8.74. The van der Waals surface area contributed by atoms with Gasteiger partial charge in [-0.3, -0.25) is 0 Å². The Morgan fingerprint density at radius 1 is 1.05 bits per heavy atom. The monoisotopic (exact) mass is 283 g/mol. The molecule has 0 saturated heterocycles. The van der Waals surface area contributed by atoms with Gasteiger partial charge >= 0.3 is 0 Å². The van der Waals surface area contributed by atoms with Crippen molar-refractivity contribution >= 4 is 0 Å². The minimum atomic E-state index is -0.566. The highest BCUT2D eigenvalue weighted by Crippen LogP contribution is 2.36. The van der Waals surface area contributed by atoms with E-state index < -0.39 is 5.60 Å². The second-order valence-corrected chi connectivity index (χ2v) is 8.74. The molecule has 0 spiro atoms. The van der Waals surface area contributed by atoms with E-state index in [-0.39, 0.29) is 0 Å². The van der Waals surface area contributed by atoms with Crippen molar-refractivity contribution in [2.75, 3.05) is 6.54 Å². The minimum Gasteiger partial charge on any atom is -0.389 e. The topological polar surface area (TPSA) is 32.3 Å². The van der Waals surface area contributed by atoms with E-state index in [1.165, 1.54) is 32.1 Å². The molecule has 2 nitrogen and oxygen atoms in total. The summed E-state index contributed by atoms with van der Waals surface area (Å²) < 4.78 is 0. The zero-order chi connectivity index (χ0) is 15.4. The second kappa shape index (κ2) is 7.26. The normalized spacial score (nSPS) is 28.2. The van der Waals surface area contributed by atoms with Crippen LogP contribution in [-0.4, -0.2) is 23.3 Å². The summed E-state index contributed by atoms with van der Waals surface area (Å²) in [7, 11) is 0. The molecular weight excluding hydrogens is 246 g/mol. The minimum absolute atomic E-state index is 0.442. The van der Waals surface area contributed by atoms with Gasteiger partial charge in [0, 0.05) is 12.6 Å². The van der Waals surface area contributed by atoms with Crippen LogP contribution in [0.4, 0.5) is 0 Å². The van der Waals surface area contributed by atoms with Crippen LogP contribution in [0.25, 0.3) is 0 Å². The maximum atomic E-state index is 10.4. The molecule has 1 aliphatic carbocycles. The predicted octanol–water partition coefficient (Wildman–Crippen LogP) is 4.37. The Balaban J connectivity index is 2.39. The molecule has 20 heavy (non-hydrogen) atoms. The third-order valence-corrected chi connectivity index (χ3v) is 4.81. The first-order chi connectivity index (χ1) is 9.10. The van der Waals surface area contributed by atoms with E-state index in [2.05, 4.69) is 39.9 Å². The molecule has 0 aliphatic heterocycles. The Labute approximate surface area is 126 Å². The molecule has 3 atom stereocenters. The van der Waals surface area contributed by atoms with E-state index >= 15 is 0 Å². The number of rotatable bonds is 5. The van der Waals surface area contributed by atoms with E-state index in [0.29, 0.717) is 17.4 Å². The quantitative estimate of drug-likeness (QED) is 0.734. The van der Waals surface area contributed by atoms with E-state index in [1.54, 1.807) is 0 Å². The van der Waals surface area contributed by atoms with Gasteiger partial charge < -0.3 is 10.4 Å². The average molecular weight is 284 g/mol. The van der Waals surface area contributed by atoms with Crippen molar-refractivity contribution in [1.29, 1.82) is 0 Å². The molecule has 0 aromatic rings. The molecule has 0 bridgehead atoms. The fourth-order valence-electron chi connectivity index (χ4n) is 3.69. The van der Waals surface area contributed by atoms with Crippen LogP contribution in [0.1, 0.15) is 80.1 Å². The smallest absolute Gasteiger partial charge is 0.0746 e. The van der Waals surface area contributed by atoms with Crippen LogP contribution in [0.3, 0.4) is 0 Å². The van der Waals surface area contributed by atoms with Crippen LogP contribution in [0.2, 0.25) is 0 Å². The Morgan fingerprint density at radius 3 is 2.25 bits per heavy atom. The molecular formula is C18H37NO. The van der Waals surface area contributed by atoms with Crippen molar-refractivity contribution in [2.24, 2.45) is 17.3 Å². The van der Waals surface area contributed by atoms with E-state index in [0.717, 1.165) is 18.9 Å². The Hall–Kier alpha value is -0.0800. The standard InChI is InChI=1S/C18H37NO/c1-14(2)12-18(6,20)13-19-16-9-7-8-15(10-11-16)17(3,4)5/h14-16,19-20H,7-13H2,1-6H3. The molecule has 0 radical (unpaired) electrons. The highest BCUT2D eigenvalue weighted by Gasteiger charge is 2.29. The molecule has 1 saturated carbocycles. The zero-order valence-electron chi connectivity index (χ0n) is 14.6. The van der Waals surface area contributed by atoms with Gasteiger partial charge in [0.1, 0.15) is 0 Å². The van der Waals surface area contributed by atoms with Crippen LogP contribution in [0, 0.1) is 17.3 Å². The lowest BCUT2D eigenvalue weighted by molar-refractivity contribution is 0.0353. The number of hydrogen-bond acceptors (Lipinski definition) is 2. The van der Waals surface area contributed by atoms with Crippen molar-refractivity contribution in [3.63, 3.8) is 0 Å². The molecule has 2 heteroatoms. The predicted molar refractivity (Wildman–Crippen MR) is 87.9 cm³/mol. The summed E-state index contributed by atoms with van der Waals surface area (Å²) in [5.41, 5.74) is -0.123. The van der Waals surface area contributed by atoms with Gasteiger partial charge in [-0.25, -0.2) is 0 Å². The summed E-state index contributed by atoms with van der Waals surface area (Å²) in [5.74, 6) is 1.40. The fraction of sp³-hybridized carbons (Fsp3) is 1.00. The molecule has 120 valence electrons. The van der Waals surface area contributed by atoms with Crippen LogP contribution in [0.5, 0.6) is 0 Å². The Kier molecular flexibility index (Phi) is 6.53. The van der Waals surface area contributed by atoms with Crippen molar-refractivity contribution in [2.45, 2.75) is 91.7 Å². The van der Waals surface area contributed by atoms with Gasteiger partial charge in [0.05, 0.1) is 5.60 Å². The lowest BCUT2D eigenvalue weighted by Crippen LogP contribution is -2.43. The van der Waals surface area contributed by atoms with Crippen molar-refractivity contribution in [3.8, 4) is 0 Å². The number of hydrogen-bond donors (Lipinski definition) is 2. The molecule has 1 rings (SSSR count). The zero-order valence-corrected chi connectivity index (χ0v) is 14.6. The summed E-state index contributed by atoms with van der Waals surface area (Å²) >= 11 is 0. The van der Waals surface area contributed by atoms with Gasteiger partial charge in [-0.1, -0.05) is 41.0 Å². The van der Waals surface area contributed by atoms with Gasteiger partial charge in [-0.15, -0.1) is 0 Å². The van der Waals surface area contributed by atoms with Crippen LogP contribution >= 0.6 is 0 Å². The summed E-state index contributed by atoms with van der Waals surface area (Å²) in [6.07, 6.45) is 7.42. The molecule has 0 amide bonds. The van der Waals surface area contributed by atoms with Crippen LogP contribution in [0.15, 0.2) is 0 Å². The SMILES string of the molecule is CC(C)CC(C)(O)CNC1CCCC(C(C)(C)C)CC1. The first kappa shape index (κ1) is 18.0. The summed E-state index contributed by atoms with van der Waals surface area (Å²) in [4.78, 5) is 0. The first-order valence-corrected chi connectivity index (χ1v) is 8.56. The lowest BCUT2D eigenvalue weighted by atomic mass is 9.76. The Bertz CT molecular complexity index is 278. The van der Waals surface area contributed by atoms with Crippen LogP contribution < -0.4 is 5.32 Å². The first-order valence-electron chi connectivity index (χ1n) is 8.56. The molecule has 2 N–H and O–H groups in total. The summed E-state index contributed by atoms with van der Waals surface area (Å²) in [6.45, 7) is 14.2. The van der Waals surface area contributed by atoms with Crippen LogP contribution in [-0.2, 0) is 0 Å². The Morgan fingerprint density at radius 2 is 1.70 bits per heavy atom. The third kappa shape index (κ3) is 6.58. The maximum Gasteiger partial charge on any atom is 0.0746 e. The third-order valence-electron chi connectivity index (χ3n) is 4.81. The highest BCUT2D eigenvalue weighted by molar-refractivity contribution is 4.84. The van der Waals surface area contributed by atoms with Gasteiger partial charge in [0.15, 0.2) is 0 Å². The molecule has 0 heterocycles. The van der Waals surface area contributed by atoms with Crippen molar-refractivity contribution in [3.05, 3.63) is 0 Å². The molecule has 1 fully saturated rings. The number of nitrogens with one attached hydrogen (secondary N) is 1. The average Bonchev–Trinajstić information content (AvgIpc) is 2.49. The summed E-state index contributed by atoms with van der Waals surface area (Å²) in [5, 5.41) is 14.0. The van der Waals surface area contributed by atoms with Gasteiger partial charge in [-0.2, -0.15) is 0 Å². The van der Waals surface area contributed by atoms with E-state index in [1.807, 2.05) is 6.92 Å².